The van der Waals surface area contributed by atoms with E-state index >= 15 is 0 Å². The molecule has 0 bridgehead atoms. The van der Waals surface area contributed by atoms with Gasteiger partial charge in [0.2, 0.25) is 0 Å². The van der Waals surface area contributed by atoms with E-state index in [1.54, 1.807) is 0 Å². The lowest BCUT2D eigenvalue weighted by Gasteiger charge is -2.11. The van der Waals surface area contributed by atoms with Gasteiger partial charge in [0, 0.05) is 19.8 Å². The fourth-order valence-corrected chi connectivity index (χ4v) is 4.39. The van der Waals surface area contributed by atoms with Crippen LogP contribution in [0.2, 0.25) is 0 Å². The summed E-state index contributed by atoms with van der Waals surface area (Å²) >= 11 is 1.09. The average Bonchev–Trinajstić information content (AvgIpc) is 2.97. The topological polar surface area (TPSA) is 101 Å². The van der Waals surface area contributed by atoms with Crippen molar-refractivity contribution in [3.63, 3.8) is 0 Å². The molecule has 0 unspecified atom stereocenters. The second-order valence-corrected chi connectivity index (χ2v) is 8.49. The fourth-order valence-electron chi connectivity index (χ4n) is 1.88. The fraction of sp³-hybridized carbons (Fsp3) is 0.583. The van der Waals surface area contributed by atoms with Crippen molar-refractivity contribution in [1.82, 2.24) is 5.32 Å². The predicted molar refractivity (Wildman–Crippen MR) is 81.1 cm³/mol. The Hall–Kier alpha value is -1.28. The second kappa shape index (κ2) is 4.92. The zero-order valence-electron chi connectivity index (χ0n) is 11.7. The highest BCUT2D eigenvalue weighted by Crippen LogP contribution is 2.46. The molecule has 1 amide bonds. The number of hydrogen-bond acceptors (Lipinski definition) is 6. The zero-order valence-corrected chi connectivity index (χ0v) is 13.4. The van der Waals surface area contributed by atoms with E-state index < -0.39 is 9.84 Å². The number of sulfone groups is 1. The molecule has 4 N–H and O–H groups in total. The molecule has 6 nitrogen and oxygen atoms in total. The van der Waals surface area contributed by atoms with Gasteiger partial charge in [-0.3, -0.25) is 4.79 Å². The third kappa shape index (κ3) is 2.90. The van der Waals surface area contributed by atoms with Crippen LogP contribution in [-0.2, 0) is 9.84 Å². The number of amides is 1. The van der Waals surface area contributed by atoms with Gasteiger partial charge in [-0.05, 0) is 18.3 Å². The standard InChI is InChI=1S/C12H19N3O3S2/c1-12(4-5-12)6-15-11-9(20(3,17)18)7(13)8(19-11)10(16)14-2/h15H,4-6,13H2,1-3H3,(H,14,16). The van der Waals surface area contributed by atoms with Crippen LogP contribution >= 0.6 is 11.3 Å². The molecule has 1 fully saturated rings. The van der Waals surface area contributed by atoms with E-state index in [0.717, 1.165) is 30.4 Å². The van der Waals surface area contributed by atoms with Gasteiger partial charge >= 0.3 is 0 Å². The van der Waals surface area contributed by atoms with Gasteiger partial charge in [0.25, 0.3) is 5.91 Å². The molecule has 0 aliphatic heterocycles. The minimum absolute atomic E-state index is 0.0281. The first-order chi connectivity index (χ1) is 9.18. The summed E-state index contributed by atoms with van der Waals surface area (Å²) in [5, 5.41) is 6.06. The van der Waals surface area contributed by atoms with Gasteiger partial charge in [0.1, 0.15) is 14.8 Å². The molecular weight excluding hydrogens is 298 g/mol. The molecule has 2 rings (SSSR count). The summed E-state index contributed by atoms with van der Waals surface area (Å²) in [5.41, 5.74) is 6.10. The molecule has 1 heterocycles. The van der Waals surface area contributed by atoms with E-state index in [0.29, 0.717) is 11.5 Å². The van der Waals surface area contributed by atoms with Crippen LogP contribution in [0.3, 0.4) is 0 Å². The largest absolute Gasteiger partial charge is 0.396 e. The first kappa shape index (κ1) is 15.1. The lowest BCUT2D eigenvalue weighted by molar-refractivity contribution is 0.0968. The van der Waals surface area contributed by atoms with Crippen molar-refractivity contribution < 1.29 is 13.2 Å². The van der Waals surface area contributed by atoms with Crippen LogP contribution in [0.4, 0.5) is 10.7 Å². The van der Waals surface area contributed by atoms with Crippen LogP contribution in [0, 0.1) is 5.41 Å². The molecule has 0 radical (unpaired) electrons. The molecule has 1 saturated carbocycles. The Balaban J connectivity index is 2.40. The molecule has 1 aromatic heterocycles. The van der Waals surface area contributed by atoms with E-state index in [-0.39, 0.29) is 26.8 Å². The summed E-state index contributed by atoms with van der Waals surface area (Å²) in [6.45, 7) is 2.82. The van der Waals surface area contributed by atoms with Crippen LogP contribution in [0.25, 0.3) is 0 Å². The van der Waals surface area contributed by atoms with Gasteiger partial charge in [-0.1, -0.05) is 6.92 Å². The summed E-state index contributed by atoms with van der Waals surface area (Å²) in [4.78, 5) is 12.0. The van der Waals surface area contributed by atoms with Gasteiger partial charge in [0.05, 0.1) is 5.69 Å². The summed E-state index contributed by atoms with van der Waals surface area (Å²) in [6, 6.07) is 0. The number of thiophene rings is 1. The highest BCUT2D eigenvalue weighted by Gasteiger charge is 2.37. The number of hydrogen-bond donors (Lipinski definition) is 3. The maximum absolute atomic E-state index is 11.9. The summed E-state index contributed by atoms with van der Waals surface area (Å²) < 4.78 is 23.8. The predicted octanol–water partition coefficient (Wildman–Crippen LogP) is 1.31. The Bertz CT molecular complexity index is 645. The van der Waals surface area contributed by atoms with Gasteiger partial charge in [-0.15, -0.1) is 11.3 Å². The first-order valence-electron chi connectivity index (χ1n) is 6.26. The third-order valence-electron chi connectivity index (χ3n) is 3.48. The SMILES string of the molecule is CNC(=O)c1sc(NCC2(C)CC2)c(S(C)(=O)=O)c1N. The Morgan fingerprint density at radius 3 is 2.50 bits per heavy atom. The van der Waals surface area contributed by atoms with Crippen LogP contribution in [-0.4, -0.2) is 34.2 Å². The molecular formula is C12H19N3O3S2. The monoisotopic (exact) mass is 317 g/mol. The van der Waals surface area contributed by atoms with Gasteiger partial charge in [-0.2, -0.15) is 0 Å². The zero-order chi connectivity index (χ0) is 15.1. The molecule has 1 aliphatic rings. The van der Waals surface area contributed by atoms with Crippen molar-refractivity contribution in [3.8, 4) is 0 Å². The quantitative estimate of drug-likeness (QED) is 0.760. The Morgan fingerprint density at radius 2 is 2.05 bits per heavy atom. The van der Waals surface area contributed by atoms with E-state index in [4.69, 9.17) is 5.73 Å². The van der Waals surface area contributed by atoms with Crippen LogP contribution in [0.15, 0.2) is 4.90 Å². The van der Waals surface area contributed by atoms with Crippen molar-refractivity contribution in [3.05, 3.63) is 4.88 Å². The molecule has 20 heavy (non-hydrogen) atoms. The lowest BCUT2D eigenvalue weighted by Crippen LogP contribution is -2.18. The average molecular weight is 317 g/mol. The normalized spacial score (nSPS) is 16.8. The number of carbonyl (C=O) groups excluding carboxylic acids is 1. The van der Waals surface area contributed by atoms with Crippen molar-refractivity contribution in [2.24, 2.45) is 5.41 Å². The number of nitrogen functional groups attached to an aromatic ring is 1. The number of nitrogens with one attached hydrogen (secondary N) is 2. The molecule has 0 aromatic carbocycles. The molecule has 1 aliphatic carbocycles. The van der Waals surface area contributed by atoms with Gasteiger partial charge < -0.3 is 16.4 Å². The molecule has 0 saturated heterocycles. The number of anilines is 2. The second-order valence-electron chi connectivity index (χ2n) is 5.52. The number of carbonyl (C=O) groups is 1. The van der Waals surface area contributed by atoms with Crippen LogP contribution in [0.5, 0.6) is 0 Å². The molecule has 0 spiro atoms. The minimum atomic E-state index is -3.49. The molecule has 112 valence electrons. The van der Waals surface area contributed by atoms with E-state index in [1.165, 1.54) is 7.05 Å². The van der Waals surface area contributed by atoms with E-state index in [1.807, 2.05) is 0 Å². The van der Waals surface area contributed by atoms with Crippen molar-refractivity contribution in [2.75, 3.05) is 30.9 Å². The van der Waals surface area contributed by atoms with Gasteiger partial charge in [0.15, 0.2) is 9.84 Å². The molecule has 0 atom stereocenters. The highest BCUT2D eigenvalue weighted by molar-refractivity contribution is 7.91. The maximum atomic E-state index is 11.9. The van der Waals surface area contributed by atoms with Crippen molar-refractivity contribution in [2.45, 2.75) is 24.7 Å². The van der Waals surface area contributed by atoms with E-state index in [2.05, 4.69) is 17.6 Å². The Morgan fingerprint density at radius 1 is 1.45 bits per heavy atom. The number of nitrogens with two attached hydrogens (primary N) is 1. The molecule has 1 aromatic rings. The Labute approximate surface area is 122 Å². The third-order valence-corrected chi connectivity index (χ3v) is 5.94. The maximum Gasteiger partial charge on any atom is 0.263 e. The smallest absolute Gasteiger partial charge is 0.263 e. The minimum Gasteiger partial charge on any atom is -0.396 e. The van der Waals surface area contributed by atoms with Crippen LogP contribution < -0.4 is 16.4 Å². The molecule has 8 heteroatoms. The van der Waals surface area contributed by atoms with Crippen molar-refractivity contribution >= 4 is 37.8 Å². The number of rotatable bonds is 5. The van der Waals surface area contributed by atoms with E-state index in [9.17, 15) is 13.2 Å². The van der Waals surface area contributed by atoms with Gasteiger partial charge in [-0.25, -0.2) is 8.42 Å². The first-order valence-corrected chi connectivity index (χ1v) is 8.97. The highest BCUT2D eigenvalue weighted by atomic mass is 32.2. The summed E-state index contributed by atoms with van der Waals surface area (Å²) in [6.07, 6.45) is 3.35. The Kier molecular flexibility index (Phi) is 3.72. The lowest BCUT2D eigenvalue weighted by atomic mass is 10.1. The van der Waals surface area contributed by atoms with Crippen LogP contribution in [0.1, 0.15) is 29.4 Å². The van der Waals surface area contributed by atoms with Crippen molar-refractivity contribution in [1.29, 1.82) is 0 Å². The summed E-state index contributed by atoms with van der Waals surface area (Å²) in [5.74, 6) is -0.372. The summed E-state index contributed by atoms with van der Waals surface area (Å²) in [7, 11) is -2.00.